The zero-order chi connectivity index (χ0) is 24.1. The summed E-state index contributed by atoms with van der Waals surface area (Å²) in [6, 6.07) is 44.0. The van der Waals surface area contributed by atoms with Crippen LogP contribution in [0.1, 0.15) is 22.4 Å². The monoisotopic (exact) mass is 480 g/mol. The van der Waals surface area contributed by atoms with Gasteiger partial charge in [0.05, 0.1) is 27.8 Å². The van der Waals surface area contributed by atoms with Gasteiger partial charge in [0.15, 0.2) is 0 Å². The second kappa shape index (κ2) is 8.15. The largest absolute Gasteiger partial charge is 0.247 e. The van der Waals surface area contributed by atoms with E-state index >= 15 is 0 Å². The molecule has 170 valence electrons. The third-order valence-corrected chi connectivity index (χ3v) is 7.42. The molecule has 0 fully saturated rings. The molecule has 0 saturated heterocycles. The highest BCUT2D eigenvalue weighted by Crippen LogP contribution is 2.57. The third-order valence-electron chi connectivity index (χ3n) is 7.19. The summed E-state index contributed by atoms with van der Waals surface area (Å²) in [5.41, 5.74) is 9.78. The van der Waals surface area contributed by atoms with Crippen LogP contribution in [-0.2, 0) is 5.41 Å². The molecular weight excluding hydrogens is 460 g/mol. The Labute approximate surface area is 214 Å². The van der Waals surface area contributed by atoms with Gasteiger partial charge >= 0.3 is 0 Å². The van der Waals surface area contributed by atoms with Crippen LogP contribution in [0.2, 0.25) is 5.02 Å². The lowest BCUT2D eigenvalue weighted by atomic mass is 9.69. The summed E-state index contributed by atoms with van der Waals surface area (Å²) in [6.07, 6.45) is 0. The molecule has 6 aromatic rings. The molecule has 0 spiro atoms. The maximum absolute atomic E-state index is 6.55. The van der Waals surface area contributed by atoms with Crippen molar-refractivity contribution in [3.8, 4) is 22.4 Å². The maximum atomic E-state index is 6.55. The first kappa shape index (κ1) is 21.0. The standard InChI is InChI=1S/C33H21ClN2/c34-24-19-20-28-26(21-24)25-15-7-8-16-27(25)33(28,23-13-5-2-6-14-23)32-31(22-11-3-1-4-12-22)35-29-17-9-10-18-30(29)36-32/h1-21H. The number of para-hydroxylation sites is 2. The zero-order valence-corrected chi connectivity index (χ0v) is 20.2. The molecule has 3 heteroatoms. The van der Waals surface area contributed by atoms with Gasteiger partial charge in [-0.25, -0.2) is 9.97 Å². The Morgan fingerprint density at radius 2 is 1.14 bits per heavy atom. The lowest BCUT2D eigenvalue weighted by Gasteiger charge is -2.34. The highest BCUT2D eigenvalue weighted by atomic mass is 35.5. The van der Waals surface area contributed by atoms with Crippen molar-refractivity contribution in [3.05, 3.63) is 155 Å². The molecule has 0 N–H and O–H groups in total. The molecule has 1 unspecified atom stereocenters. The Hall–Kier alpha value is -4.27. The molecule has 1 aromatic heterocycles. The number of hydrogen-bond acceptors (Lipinski definition) is 2. The van der Waals surface area contributed by atoms with E-state index in [1.165, 1.54) is 16.7 Å². The highest BCUT2D eigenvalue weighted by molar-refractivity contribution is 6.31. The number of hydrogen-bond donors (Lipinski definition) is 0. The average molecular weight is 481 g/mol. The lowest BCUT2D eigenvalue weighted by Crippen LogP contribution is -2.31. The number of benzene rings is 5. The number of fused-ring (bicyclic) bond motifs is 4. The number of halogens is 1. The predicted molar refractivity (Wildman–Crippen MR) is 147 cm³/mol. The van der Waals surface area contributed by atoms with Gasteiger partial charge in [-0.15, -0.1) is 0 Å². The van der Waals surface area contributed by atoms with E-state index < -0.39 is 5.41 Å². The van der Waals surface area contributed by atoms with Gasteiger partial charge < -0.3 is 0 Å². The molecule has 1 heterocycles. The van der Waals surface area contributed by atoms with Crippen LogP contribution in [0.25, 0.3) is 33.4 Å². The second-order valence-electron chi connectivity index (χ2n) is 9.13. The number of rotatable bonds is 3. The Bertz CT molecular complexity index is 1750. The van der Waals surface area contributed by atoms with Gasteiger partial charge in [0.1, 0.15) is 0 Å². The number of aromatic nitrogens is 2. The Balaban J connectivity index is 1.71. The minimum Gasteiger partial charge on any atom is -0.247 e. The summed E-state index contributed by atoms with van der Waals surface area (Å²) in [5, 5.41) is 0.722. The van der Waals surface area contributed by atoms with Crippen LogP contribution >= 0.6 is 11.6 Å². The average Bonchev–Trinajstić information content (AvgIpc) is 3.23. The van der Waals surface area contributed by atoms with Crippen molar-refractivity contribution in [3.63, 3.8) is 0 Å². The van der Waals surface area contributed by atoms with Gasteiger partial charge in [0.25, 0.3) is 0 Å². The maximum Gasteiger partial charge on any atom is 0.0941 e. The van der Waals surface area contributed by atoms with Gasteiger partial charge in [-0.1, -0.05) is 115 Å². The van der Waals surface area contributed by atoms with Gasteiger partial charge in [0.2, 0.25) is 0 Å². The number of nitrogens with zero attached hydrogens (tertiary/aromatic N) is 2. The molecular formula is C33H21ClN2. The van der Waals surface area contributed by atoms with E-state index in [1.54, 1.807) is 0 Å². The van der Waals surface area contributed by atoms with Crippen molar-refractivity contribution in [2.75, 3.05) is 0 Å². The summed E-state index contributed by atoms with van der Waals surface area (Å²) in [4.78, 5) is 10.6. The molecule has 1 aliphatic rings. The van der Waals surface area contributed by atoms with Crippen LogP contribution in [0.5, 0.6) is 0 Å². The Morgan fingerprint density at radius 1 is 0.528 bits per heavy atom. The Morgan fingerprint density at radius 3 is 1.92 bits per heavy atom. The second-order valence-corrected chi connectivity index (χ2v) is 9.56. The quantitative estimate of drug-likeness (QED) is 0.254. The highest BCUT2D eigenvalue weighted by Gasteiger charge is 2.49. The summed E-state index contributed by atoms with van der Waals surface area (Å²) in [7, 11) is 0. The first-order valence-electron chi connectivity index (χ1n) is 12.0. The molecule has 0 bridgehead atoms. The summed E-state index contributed by atoms with van der Waals surface area (Å²) in [6.45, 7) is 0. The van der Waals surface area contributed by atoms with E-state index in [-0.39, 0.29) is 0 Å². The fourth-order valence-electron chi connectivity index (χ4n) is 5.71. The van der Waals surface area contributed by atoms with Crippen LogP contribution in [0.4, 0.5) is 0 Å². The minimum absolute atomic E-state index is 0.653. The molecule has 0 amide bonds. The molecule has 2 nitrogen and oxygen atoms in total. The Kier molecular flexibility index (Phi) is 4.77. The molecule has 0 aliphatic heterocycles. The van der Waals surface area contributed by atoms with Crippen LogP contribution in [0.3, 0.4) is 0 Å². The first-order valence-corrected chi connectivity index (χ1v) is 12.4. The first-order chi connectivity index (χ1) is 17.8. The van der Waals surface area contributed by atoms with E-state index in [1.807, 2.05) is 36.4 Å². The van der Waals surface area contributed by atoms with Crippen molar-refractivity contribution in [1.82, 2.24) is 9.97 Å². The topological polar surface area (TPSA) is 25.8 Å². The van der Waals surface area contributed by atoms with Crippen LogP contribution in [0, 0.1) is 0 Å². The van der Waals surface area contributed by atoms with Gasteiger partial charge in [-0.3, -0.25) is 0 Å². The van der Waals surface area contributed by atoms with Crippen molar-refractivity contribution >= 4 is 22.6 Å². The van der Waals surface area contributed by atoms with E-state index in [0.717, 1.165) is 44.1 Å². The lowest BCUT2D eigenvalue weighted by molar-refractivity contribution is 0.737. The van der Waals surface area contributed by atoms with Crippen molar-refractivity contribution < 1.29 is 0 Å². The van der Waals surface area contributed by atoms with Crippen molar-refractivity contribution in [1.29, 1.82) is 0 Å². The summed E-state index contributed by atoms with van der Waals surface area (Å²) in [5.74, 6) is 0. The smallest absolute Gasteiger partial charge is 0.0941 e. The van der Waals surface area contributed by atoms with Gasteiger partial charge in [0, 0.05) is 10.6 Å². The van der Waals surface area contributed by atoms with Crippen LogP contribution in [-0.4, -0.2) is 9.97 Å². The van der Waals surface area contributed by atoms with Crippen LogP contribution < -0.4 is 0 Å². The molecule has 7 rings (SSSR count). The SMILES string of the molecule is Clc1ccc2c(c1)-c1ccccc1C2(c1ccccc1)c1nc2ccccc2nc1-c1ccccc1. The van der Waals surface area contributed by atoms with E-state index in [2.05, 4.69) is 91.0 Å². The van der Waals surface area contributed by atoms with Gasteiger partial charge in [-0.05, 0) is 52.1 Å². The molecule has 5 aromatic carbocycles. The fraction of sp³-hybridized carbons (Fsp3) is 0.0303. The van der Waals surface area contributed by atoms with Crippen LogP contribution in [0.15, 0.2) is 127 Å². The predicted octanol–water partition coefficient (Wildman–Crippen LogP) is 8.31. The molecule has 1 aliphatic carbocycles. The normalized spacial score (nSPS) is 16.0. The van der Waals surface area contributed by atoms with E-state index in [0.29, 0.717) is 0 Å². The molecule has 36 heavy (non-hydrogen) atoms. The van der Waals surface area contributed by atoms with E-state index in [4.69, 9.17) is 21.6 Å². The molecule has 0 radical (unpaired) electrons. The molecule has 1 atom stereocenters. The van der Waals surface area contributed by atoms with Crippen molar-refractivity contribution in [2.45, 2.75) is 5.41 Å². The van der Waals surface area contributed by atoms with Gasteiger partial charge in [-0.2, -0.15) is 0 Å². The zero-order valence-electron chi connectivity index (χ0n) is 19.4. The third kappa shape index (κ3) is 2.98. The fourth-order valence-corrected chi connectivity index (χ4v) is 5.88. The molecule has 0 saturated carbocycles. The van der Waals surface area contributed by atoms with E-state index in [9.17, 15) is 0 Å². The minimum atomic E-state index is -0.653. The van der Waals surface area contributed by atoms with Crippen molar-refractivity contribution in [2.24, 2.45) is 0 Å². The summed E-state index contributed by atoms with van der Waals surface area (Å²) >= 11 is 6.55. The summed E-state index contributed by atoms with van der Waals surface area (Å²) < 4.78 is 0.